The fourth-order valence-electron chi connectivity index (χ4n) is 0.232. The molecular weight excluding hydrogens is 144 g/mol. The number of aliphatic hydroxyl groups is 1. The predicted octanol–water partition coefficient (Wildman–Crippen LogP) is 1.59. The number of carbonyl (C=O) groups is 1. The molecule has 0 amide bonds. The highest BCUT2D eigenvalue weighted by Gasteiger charge is 1.88. The Balaban J connectivity index is 0. The van der Waals surface area contributed by atoms with Gasteiger partial charge in [0.15, 0.2) is 0 Å². The van der Waals surface area contributed by atoms with Gasteiger partial charge in [-0.2, -0.15) is 0 Å². The summed E-state index contributed by atoms with van der Waals surface area (Å²) in [4.78, 5) is 10.2. The summed E-state index contributed by atoms with van der Waals surface area (Å²) in [5.41, 5.74) is 0. The third kappa shape index (κ3) is 11.9. The summed E-state index contributed by atoms with van der Waals surface area (Å²) >= 11 is 0. The summed E-state index contributed by atoms with van der Waals surface area (Å²) in [5, 5.41) is 8.05. The van der Waals surface area contributed by atoms with Crippen LogP contribution in [0.15, 0.2) is 38.2 Å². The molecule has 0 aromatic rings. The van der Waals surface area contributed by atoms with E-state index in [0.717, 1.165) is 12.3 Å². The zero-order valence-electron chi connectivity index (χ0n) is 6.32. The van der Waals surface area contributed by atoms with Crippen molar-refractivity contribution in [3.63, 3.8) is 0 Å². The molecule has 0 aliphatic heterocycles. The van der Waals surface area contributed by atoms with E-state index in [4.69, 9.17) is 5.11 Å². The molecule has 3 nitrogen and oxygen atoms in total. The van der Waals surface area contributed by atoms with Gasteiger partial charge in [-0.1, -0.05) is 6.58 Å². The number of hydrogen-bond acceptors (Lipinski definition) is 3. The lowest BCUT2D eigenvalue weighted by Gasteiger charge is -1.92. The van der Waals surface area contributed by atoms with E-state index in [9.17, 15) is 4.79 Å². The molecule has 0 heterocycles. The van der Waals surface area contributed by atoms with E-state index in [1.165, 1.54) is 6.08 Å². The summed E-state index contributed by atoms with van der Waals surface area (Å²) in [7, 11) is 0. The lowest BCUT2D eigenvalue weighted by molar-refractivity contribution is -0.136. The van der Waals surface area contributed by atoms with Crippen LogP contribution in [-0.4, -0.2) is 17.7 Å². The third-order valence-electron chi connectivity index (χ3n) is 0.594. The molecule has 0 rings (SSSR count). The second kappa shape index (κ2) is 11.3. The largest absolute Gasteiger partial charge is 0.516 e. The van der Waals surface area contributed by atoms with Crippen LogP contribution in [0.25, 0.3) is 0 Å². The summed E-state index contributed by atoms with van der Waals surface area (Å²) in [6.07, 6.45) is 3.18. The molecule has 0 fully saturated rings. The minimum Gasteiger partial charge on any atom is -0.516 e. The molecule has 0 saturated carbocycles. The Kier molecular flexibility index (Phi) is 12.5. The van der Waals surface area contributed by atoms with Gasteiger partial charge in [-0.15, -0.1) is 13.2 Å². The second-order valence-corrected chi connectivity index (χ2v) is 1.22. The normalized spacial score (nSPS) is 8.00. The number of esters is 1. The maximum Gasteiger partial charge on any atom is 0.330 e. The van der Waals surface area contributed by atoms with Gasteiger partial charge in [0.2, 0.25) is 0 Å². The molecule has 0 spiro atoms. The van der Waals surface area contributed by atoms with Crippen molar-refractivity contribution in [3.8, 4) is 0 Å². The Labute approximate surface area is 66.3 Å². The van der Waals surface area contributed by atoms with Gasteiger partial charge in [-0.25, -0.2) is 4.79 Å². The molecule has 1 N–H and O–H groups in total. The van der Waals surface area contributed by atoms with Crippen molar-refractivity contribution in [3.05, 3.63) is 38.2 Å². The van der Waals surface area contributed by atoms with E-state index in [0.29, 0.717) is 0 Å². The number of rotatable bonds is 3. The van der Waals surface area contributed by atoms with Gasteiger partial charge in [0.05, 0.1) is 6.26 Å². The van der Waals surface area contributed by atoms with Crippen LogP contribution in [0, 0.1) is 0 Å². The number of aliphatic hydroxyl groups excluding tert-OH is 1. The molecule has 62 valence electrons. The van der Waals surface area contributed by atoms with Crippen LogP contribution in [0.5, 0.6) is 0 Å². The molecule has 3 heteroatoms. The molecule has 0 unspecified atom stereocenters. The Hall–Kier alpha value is -1.51. The zero-order chi connectivity index (χ0) is 9.11. The highest BCUT2D eigenvalue weighted by molar-refractivity contribution is 5.81. The summed E-state index contributed by atoms with van der Waals surface area (Å²) in [5.74, 6) is -0.492. The van der Waals surface area contributed by atoms with Gasteiger partial charge < -0.3 is 9.84 Å². The molecule has 0 bridgehead atoms. The molecule has 0 saturated heterocycles. The van der Waals surface area contributed by atoms with Crippen molar-refractivity contribution >= 4 is 5.97 Å². The number of ether oxygens (including phenoxy) is 1. The predicted molar refractivity (Wildman–Crippen MR) is 44.2 cm³/mol. The Bertz CT molecular complexity index is 138. The molecule has 0 aliphatic rings. The fourth-order valence-corrected chi connectivity index (χ4v) is 0.232. The van der Waals surface area contributed by atoms with Crippen molar-refractivity contribution in [1.29, 1.82) is 0 Å². The van der Waals surface area contributed by atoms with Crippen molar-refractivity contribution in [1.82, 2.24) is 0 Å². The van der Waals surface area contributed by atoms with E-state index >= 15 is 0 Å². The second-order valence-electron chi connectivity index (χ2n) is 1.22. The van der Waals surface area contributed by atoms with Gasteiger partial charge in [0.25, 0.3) is 0 Å². The van der Waals surface area contributed by atoms with E-state index in [1.54, 1.807) is 0 Å². The summed E-state index contributed by atoms with van der Waals surface area (Å²) in [6, 6.07) is 0. The van der Waals surface area contributed by atoms with E-state index in [-0.39, 0.29) is 6.61 Å². The van der Waals surface area contributed by atoms with Crippen molar-refractivity contribution in [2.24, 2.45) is 0 Å². The smallest absolute Gasteiger partial charge is 0.330 e. The first-order chi connectivity index (χ1) is 5.31. The van der Waals surface area contributed by atoms with Crippen LogP contribution in [0.2, 0.25) is 0 Å². The SMILES string of the molecule is C=C.C=CC(=O)OCC=CO. The molecule has 11 heavy (non-hydrogen) atoms. The zero-order valence-corrected chi connectivity index (χ0v) is 6.32. The highest BCUT2D eigenvalue weighted by Crippen LogP contribution is 1.78. The average Bonchev–Trinajstić information content (AvgIpc) is 2.08. The van der Waals surface area contributed by atoms with Crippen LogP contribution in [0.1, 0.15) is 0 Å². The lowest BCUT2D eigenvalue weighted by Crippen LogP contribution is -1.98. The summed E-state index contributed by atoms with van der Waals surface area (Å²) in [6.45, 7) is 9.26. The molecular formula is C8H12O3. The van der Waals surface area contributed by atoms with Crippen LogP contribution < -0.4 is 0 Å². The first kappa shape index (κ1) is 12.2. The minimum atomic E-state index is -0.492. The minimum absolute atomic E-state index is 0.0847. The quantitative estimate of drug-likeness (QED) is 0.292. The van der Waals surface area contributed by atoms with Crippen LogP contribution >= 0.6 is 0 Å². The van der Waals surface area contributed by atoms with Crippen molar-refractivity contribution < 1.29 is 14.6 Å². The van der Waals surface area contributed by atoms with Crippen LogP contribution in [-0.2, 0) is 9.53 Å². The van der Waals surface area contributed by atoms with E-state index in [1.807, 2.05) is 0 Å². The Morgan fingerprint density at radius 1 is 1.55 bits per heavy atom. The van der Waals surface area contributed by atoms with Gasteiger partial charge in [-0.05, 0) is 6.08 Å². The van der Waals surface area contributed by atoms with Gasteiger partial charge in [-0.3, -0.25) is 0 Å². The molecule has 0 aromatic heterocycles. The summed E-state index contributed by atoms with van der Waals surface area (Å²) < 4.78 is 4.43. The molecule has 0 aromatic carbocycles. The van der Waals surface area contributed by atoms with Gasteiger partial charge in [0, 0.05) is 6.08 Å². The van der Waals surface area contributed by atoms with Gasteiger partial charge >= 0.3 is 5.97 Å². The average molecular weight is 156 g/mol. The first-order valence-electron chi connectivity index (χ1n) is 2.89. The van der Waals surface area contributed by atoms with E-state index in [2.05, 4.69) is 24.5 Å². The van der Waals surface area contributed by atoms with Gasteiger partial charge in [0.1, 0.15) is 6.61 Å². The van der Waals surface area contributed by atoms with Crippen molar-refractivity contribution in [2.75, 3.05) is 6.61 Å². The highest BCUT2D eigenvalue weighted by atomic mass is 16.5. The molecule has 0 aliphatic carbocycles. The monoisotopic (exact) mass is 156 g/mol. The van der Waals surface area contributed by atoms with Crippen LogP contribution in [0.3, 0.4) is 0 Å². The first-order valence-corrected chi connectivity index (χ1v) is 2.89. The molecule has 0 radical (unpaired) electrons. The third-order valence-corrected chi connectivity index (χ3v) is 0.594. The van der Waals surface area contributed by atoms with Crippen molar-refractivity contribution in [2.45, 2.75) is 0 Å². The number of hydrogen-bond donors (Lipinski definition) is 1. The number of carbonyl (C=O) groups excluding carboxylic acids is 1. The topological polar surface area (TPSA) is 46.5 Å². The maximum atomic E-state index is 10.2. The van der Waals surface area contributed by atoms with Crippen LogP contribution in [0.4, 0.5) is 0 Å². The molecule has 0 atom stereocenters. The Morgan fingerprint density at radius 2 is 2.09 bits per heavy atom. The van der Waals surface area contributed by atoms with E-state index < -0.39 is 5.97 Å². The lowest BCUT2D eigenvalue weighted by atomic mass is 10.6. The Morgan fingerprint density at radius 3 is 2.45 bits per heavy atom. The standard InChI is InChI=1S/C6H8O3.C2H4/c1-2-6(8)9-5-3-4-7;1-2/h2-4,7H,1,5H2;1-2H2. The fraction of sp³-hybridized carbons (Fsp3) is 0.125. The maximum absolute atomic E-state index is 10.2.